The van der Waals surface area contributed by atoms with E-state index < -0.39 is 5.97 Å². The maximum absolute atomic E-state index is 12.1. The second-order valence-electron chi connectivity index (χ2n) is 6.82. The highest BCUT2D eigenvalue weighted by Gasteiger charge is 2.05. The number of anilines is 1. The largest absolute Gasteiger partial charge is 0.489 e. The fourth-order valence-corrected chi connectivity index (χ4v) is 2.70. The van der Waals surface area contributed by atoms with Crippen molar-refractivity contribution in [1.29, 1.82) is 0 Å². The van der Waals surface area contributed by atoms with E-state index in [1.54, 1.807) is 60.7 Å². The lowest BCUT2D eigenvalue weighted by atomic mass is 10.1. The third-order valence-electron chi connectivity index (χ3n) is 4.33. The standard InChI is InChI=1S/C24H21N3O5/c1-16(28)26-21-10-8-19(9-11-21)23(29)27-25-14-17-4-12-22(13-5-17)32-15-18-2-6-20(7-3-18)24(30)31/h2-14H,15H2,1H3,(H,26,28)(H,27,29)(H,30,31)/b25-14-. The molecule has 0 saturated heterocycles. The third-order valence-corrected chi connectivity index (χ3v) is 4.33. The van der Waals surface area contributed by atoms with Gasteiger partial charge >= 0.3 is 5.97 Å². The van der Waals surface area contributed by atoms with Gasteiger partial charge in [-0.3, -0.25) is 9.59 Å². The van der Waals surface area contributed by atoms with Gasteiger partial charge in [0.15, 0.2) is 0 Å². The van der Waals surface area contributed by atoms with Gasteiger partial charge in [0, 0.05) is 18.2 Å². The predicted molar refractivity (Wildman–Crippen MR) is 120 cm³/mol. The van der Waals surface area contributed by atoms with Crippen molar-refractivity contribution >= 4 is 29.7 Å². The molecule has 0 heterocycles. The number of hydrogen-bond donors (Lipinski definition) is 3. The molecule has 8 nitrogen and oxygen atoms in total. The second kappa shape index (κ2) is 10.5. The van der Waals surface area contributed by atoms with E-state index in [9.17, 15) is 14.4 Å². The summed E-state index contributed by atoms with van der Waals surface area (Å²) in [5.74, 6) is -0.874. The molecule has 162 valence electrons. The van der Waals surface area contributed by atoms with Gasteiger partial charge in [-0.05, 0) is 71.8 Å². The number of hydrazone groups is 1. The van der Waals surface area contributed by atoms with Crippen LogP contribution >= 0.6 is 0 Å². The predicted octanol–water partition coefficient (Wildman–Crippen LogP) is 3.69. The van der Waals surface area contributed by atoms with Gasteiger partial charge in [-0.2, -0.15) is 5.10 Å². The van der Waals surface area contributed by atoms with Crippen molar-refractivity contribution in [2.24, 2.45) is 5.10 Å². The zero-order valence-corrected chi connectivity index (χ0v) is 17.2. The molecule has 8 heteroatoms. The van der Waals surface area contributed by atoms with Crippen molar-refractivity contribution in [3.63, 3.8) is 0 Å². The molecule has 3 aromatic carbocycles. The molecule has 0 aromatic heterocycles. The minimum absolute atomic E-state index is 0.183. The van der Waals surface area contributed by atoms with E-state index in [0.717, 1.165) is 11.1 Å². The number of aromatic carboxylic acids is 1. The lowest BCUT2D eigenvalue weighted by Crippen LogP contribution is -2.17. The molecule has 0 aliphatic carbocycles. The first-order valence-corrected chi connectivity index (χ1v) is 9.67. The number of rotatable bonds is 8. The van der Waals surface area contributed by atoms with E-state index in [1.165, 1.54) is 25.3 Å². The van der Waals surface area contributed by atoms with Crippen LogP contribution in [-0.2, 0) is 11.4 Å². The Morgan fingerprint density at radius 3 is 2.12 bits per heavy atom. The Kier molecular flexibility index (Phi) is 7.32. The van der Waals surface area contributed by atoms with Gasteiger partial charge in [-0.15, -0.1) is 0 Å². The number of carboxylic acids is 1. The van der Waals surface area contributed by atoms with Crippen molar-refractivity contribution in [3.8, 4) is 5.75 Å². The van der Waals surface area contributed by atoms with Crippen molar-refractivity contribution in [3.05, 3.63) is 95.1 Å². The zero-order chi connectivity index (χ0) is 22.9. The van der Waals surface area contributed by atoms with Crippen LogP contribution < -0.4 is 15.5 Å². The molecule has 0 unspecified atom stereocenters. The lowest BCUT2D eigenvalue weighted by Gasteiger charge is -2.07. The molecule has 0 saturated carbocycles. The minimum Gasteiger partial charge on any atom is -0.489 e. The number of carboxylic acid groups (broad SMARTS) is 1. The molecule has 3 N–H and O–H groups in total. The summed E-state index contributed by atoms with van der Waals surface area (Å²) in [7, 11) is 0. The van der Waals surface area contributed by atoms with E-state index in [-0.39, 0.29) is 17.4 Å². The van der Waals surface area contributed by atoms with Crippen molar-refractivity contribution in [2.75, 3.05) is 5.32 Å². The van der Waals surface area contributed by atoms with E-state index in [2.05, 4.69) is 15.8 Å². The third kappa shape index (κ3) is 6.53. The highest BCUT2D eigenvalue weighted by atomic mass is 16.5. The van der Waals surface area contributed by atoms with E-state index >= 15 is 0 Å². The molecule has 3 aromatic rings. The smallest absolute Gasteiger partial charge is 0.335 e. The van der Waals surface area contributed by atoms with Crippen LogP contribution in [0.5, 0.6) is 5.75 Å². The fraction of sp³-hybridized carbons (Fsp3) is 0.0833. The van der Waals surface area contributed by atoms with Crippen LogP contribution in [0, 0.1) is 0 Å². The summed E-state index contributed by atoms with van der Waals surface area (Å²) >= 11 is 0. The number of amides is 2. The second-order valence-corrected chi connectivity index (χ2v) is 6.82. The molecule has 0 radical (unpaired) electrons. The highest BCUT2D eigenvalue weighted by molar-refractivity contribution is 5.96. The molecule has 32 heavy (non-hydrogen) atoms. The van der Waals surface area contributed by atoms with Crippen LogP contribution in [0.25, 0.3) is 0 Å². The number of hydrogen-bond acceptors (Lipinski definition) is 5. The highest BCUT2D eigenvalue weighted by Crippen LogP contribution is 2.14. The molecule has 3 rings (SSSR count). The van der Waals surface area contributed by atoms with Crippen LogP contribution in [0.1, 0.15) is 38.8 Å². The van der Waals surface area contributed by atoms with Crippen molar-refractivity contribution in [1.82, 2.24) is 5.43 Å². The molecule has 0 spiro atoms. The molecule has 0 aliphatic heterocycles. The van der Waals surface area contributed by atoms with Gasteiger partial charge in [0.1, 0.15) is 12.4 Å². The number of carbonyl (C=O) groups excluding carboxylic acids is 2. The van der Waals surface area contributed by atoms with Crippen LogP contribution in [0.3, 0.4) is 0 Å². The lowest BCUT2D eigenvalue weighted by molar-refractivity contribution is -0.114. The monoisotopic (exact) mass is 431 g/mol. The Hall–Kier alpha value is -4.46. The van der Waals surface area contributed by atoms with Crippen LogP contribution in [-0.4, -0.2) is 29.1 Å². The summed E-state index contributed by atoms with van der Waals surface area (Å²) in [4.78, 5) is 34.0. The summed E-state index contributed by atoms with van der Waals surface area (Å²) in [5, 5.41) is 15.5. The average molecular weight is 431 g/mol. The molecule has 0 bridgehead atoms. The van der Waals surface area contributed by atoms with Gasteiger partial charge < -0.3 is 15.2 Å². The number of ether oxygens (including phenoxy) is 1. The first kappa shape index (κ1) is 22.2. The number of nitrogens with zero attached hydrogens (tertiary/aromatic N) is 1. The first-order valence-electron chi connectivity index (χ1n) is 9.67. The number of carbonyl (C=O) groups is 3. The summed E-state index contributed by atoms with van der Waals surface area (Å²) in [6.45, 7) is 1.72. The zero-order valence-electron chi connectivity index (χ0n) is 17.2. The molecular formula is C24H21N3O5. The van der Waals surface area contributed by atoms with Crippen LogP contribution in [0.2, 0.25) is 0 Å². The molecule has 0 fully saturated rings. The molecule has 0 atom stereocenters. The van der Waals surface area contributed by atoms with Crippen LogP contribution in [0.15, 0.2) is 77.9 Å². The minimum atomic E-state index is -0.967. The van der Waals surface area contributed by atoms with Crippen molar-refractivity contribution < 1.29 is 24.2 Å². The van der Waals surface area contributed by atoms with Gasteiger partial charge in [0.25, 0.3) is 5.91 Å². The van der Waals surface area contributed by atoms with Gasteiger partial charge in [-0.1, -0.05) is 12.1 Å². The summed E-state index contributed by atoms with van der Waals surface area (Å²) in [5.41, 5.74) is 5.32. The van der Waals surface area contributed by atoms with Gasteiger partial charge in [0.2, 0.25) is 5.91 Å². The average Bonchev–Trinajstić information content (AvgIpc) is 2.79. The Bertz CT molecular complexity index is 1120. The van der Waals surface area contributed by atoms with E-state index in [0.29, 0.717) is 23.6 Å². The molecular weight excluding hydrogens is 410 g/mol. The topological polar surface area (TPSA) is 117 Å². The number of benzene rings is 3. The Labute approximate surface area is 184 Å². The summed E-state index contributed by atoms with van der Waals surface area (Å²) in [6, 6.07) is 20.1. The van der Waals surface area contributed by atoms with E-state index in [4.69, 9.17) is 9.84 Å². The fourth-order valence-electron chi connectivity index (χ4n) is 2.70. The normalized spacial score (nSPS) is 10.5. The Morgan fingerprint density at radius 2 is 1.53 bits per heavy atom. The Morgan fingerprint density at radius 1 is 0.906 bits per heavy atom. The number of nitrogens with one attached hydrogen (secondary N) is 2. The van der Waals surface area contributed by atoms with Crippen molar-refractivity contribution in [2.45, 2.75) is 13.5 Å². The molecule has 2 amide bonds. The SMILES string of the molecule is CC(=O)Nc1ccc(C(=O)N/N=C\c2ccc(OCc3ccc(C(=O)O)cc3)cc2)cc1. The van der Waals surface area contributed by atoms with Crippen LogP contribution in [0.4, 0.5) is 5.69 Å². The van der Waals surface area contributed by atoms with Gasteiger partial charge in [-0.25, -0.2) is 10.2 Å². The molecule has 0 aliphatic rings. The summed E-state index contributed by atoms with van der Waals surface area (Å²) in [6.07, 6.45) is 1.51. The first-order chi connectivity index (χ1) is 15.4. The maximum atomic E-state index is 12.1. The maximum Gasteiger partial charge on any atom is 0.335 e. The van der Waals surface area contributed by atoms with E-state index in [1.807, 2.05) is 0 Å². The van der Waals surface area contributed by atoms with Gasteiger partial charge in [0.05, 0.1) is 11.8 Å². The summed E-state index contributed by atoms with van der Waals surface area (Å²) < 4.78 is 5.69. The quantitative estimate of drug-likeness (QED) is 0.371. The Balaban J connectivity index is 1.48.